The van der Waals surface area contributed by atoms with E-state index in [0.29, 0.717) is 5.41 Å². The van der Waals surface area contributed by atoms with E-state index in [1.54, 1.807) is 5.56 Å². The van der Waals surface area contributed by atoms with Gasteiger partial charge in [0.15, 0.2) is 0 Å². The minimum atomic E-state index is 0.604. The number of nitrogens with one attached hydrogen (secondary N) is 1. The quantitative estimate of drug-likeness (QED) is 0.829. The van der Waals surface area contributed by atoms with Crippen molar-refractivity contribution in [2.24, 2.45) is 11.3 Å². The number of hydrogen-bond acceptors (Lipinski definition) is 1. The summed E-state index contributed by atoms with van der Waals surface area (Å²) in [7, 11) is 0. The van der Waals surface area contributed by atoms with Crippen LogP contribution in [0.25, 0.3) is 0 Å². The Balaban J connectivity index is 1.87. The van der Waals surface area contributed by atoms with Crippen LogP contribution in [0.1, 0.15) is 50.5 Å². The molecule has 18 heavy (non-hydrogen) atoms. The normalized spacial score (nSPS) is 36.1. The first-order valence-electron chi connectivity index (χ1n) is 7.60. The summed E-state index contributed by atoms with van der Waals surface area (Å²) >= 11 is 0. The molecule has 2 aliphatic rings. The highest BCUT2D eigenvalue weighted by Gasteiger charge is 2.45. The zero-order valence-electron chi connectivity index (χ0n) is 11.5. The van der Waals surface area contributed by atoms with E-state index in [9.17, 15) is 0 Å². The minimum absolute atomic E-state index is 0.604. The van der Waals surface area contributed by atoms with Crippen LogP contribution in [0.3, 0.4) is 0 Å². The highest BCUT2D eigenvalue weighted by atomic mass is 14.9. The highest BCUT2D eigenvalue weighted by Crippen LogP contribution is 2.54. The van der Waals surface area contributed by atoms with Gasteiger partial charge in [0.1, 0.15) is 0 Å². The summed E-state index contributed by atoms with van der Waals surface area (Å²) in [5, 5.41) is 3.62. The van der Waals surface area contributed by atoms with Crippen molar-refractivity contribution >= 4 is 0 Å². The van der Waals surface area contributed by atoms with Crippen LogP contribution in [0, 0.1) is 11.3 Å². The van der Waals surface area contributed by atoms with E-state index < -0.39 is 0 Å². The SMILES string of the molecule is CCC1CCC2(CCNCC2c2ccccc2)C1. The average molecular weight is 243 g/mol. The lowest BCUT2D eigenvalue weighted by molar-refractivity contribution is 0.162. The van der Waals surface area contributed by atoms with Gasteiger partial charge in [0, 0.05) is 12.5 Å². The van der Waals surface area contributed by atoms with Crippen LogP contribution in [-0.2, 0) is 0 Å². The molecule has 98 valence electrons. The molecule has 0 radical (unpaired) electrons. The summed E-state index contributed by atoms with van der Waals surface area (Å²) in [5.41, 5.74) is 2.16. The second-order valence-corrected chi connectivity index (χ2v) is 6.30. The van der Waals surface area contributed by atoms with Gasteiger partial charge in [-0.1, -0.05) is 43.7 Å². The predicted octanol–water partition coefficient (Wildman–Crippen LogP) is 3.96. The molecule has 1 saturated carbocycles. The highest BCUT2D eigenvalue weighted by molar-refractivity contribution is 5.24. The van der Waals surface area contributed by atoms with Crippen LogP contribution in [0.2, 0.25) is 0 Å². The molecule has 1 spiro atoms. The van der Waals surface area contributed by atoms with Crippen molar-refractivity contribution in [2.75, 3.05) is 13.1 Å². The zero-order valence-corrected chi connectivity index (χ0v) is 11.5. The summed E-state index contributed by atoms with van der Waals surface area (Å²) in [6.45, 7) is 4.77. The second-order valence-electron chi connectivity index (χ2n) is 6.30. The molecule has 3 unspecified atom stereocenters. The second kappa shape index (κ2) is 5.05. The molecule has 0 amide bonds. The molecule has 3 rings (SSSR count). The third-order valence-corrected chi connectivity index (χ3v) is 5.41. The van der Waals surface area contributed by atoms with E-state index in [0.717, 1.165) is 11.8 Å². The van der Waals surface area contributed by atoms with E-state index >= 15 is 0 Å². The van der Waals surface area contributed by atoms with E-state index in [2.05, 4.69) is 42.6 Å². The van der Waals surface area contributed by atoms with Gasteiger partial charge in [0.2, 0.25) is 0 Å². The number of benzene rings is 1. The Kier molecular flexibility index (Phi) is 3.43. The van der Waals surface area contributed by atoms with Gasteiger partial charge in [-0.15, -0.1) is 0 Å². The van der Waals surface area contributed by atoms with E-state index in [1.165, 1.54) is 45.2 Å². The van der Waals surface area contributed by atoms with Crippen molar-refractivity contribution in [1.82, 2.24) is 5.32 Å². The maximum absolute atomic E-state index is 3.62. The van der Waals surface area contributed by atoms with Crippen LogP contribution in [0.5, 0.6) is 0 Å². The fraction of sp³-hybridized carbons (Fsp3) is 0.647. The molecular weight excluding hydrogens is 218 g/mol. The van der Waals surface area contributed by atoms with E-state index in [4.69, 9.17) is 0 Å². The maximum atomic E-state index is 3.62. The minimum Gasteiger partial charge on any atom is -0.316 e. The first kappa shape index (κ1) is 12.2. The Bertz CT molecular complexity index is 386. The predicted molar refractivity (Wildman–Crippen MR) is 76.7 cm³/mol. The lowest BCUT2D eigenvalue weighted by Crippen LogP contribution is -2.42. The summed E-state index contributed by atoms with van der Waals surface area (Å²) in [4.78, 5) is 0. The lowest BCUT2D eigenvalue weighted by atomic mass is 9.66. The fourth-order valence-corrected chi connectivity index (χ4v) is 4.29. The molecule has 0 bridgehead atoms. The van der Waals surface area contributed by atoms with Crippen molar-refractivity contribution in [3.05, 3.63) is 35.9 Å². The van der Waals surface area contributed by atoms with Crippen LogP contribution in [-0.4, -0.2) is 13.1 Å². The monoisotopic (exact) mass is 243 g/mol. The third kappa shape index (κ3) is 2.09. The van der Waals surface area contributed by atoms with Crippen LogP contribution < -0.4 is 5.32 Å². The van der Waals surface area contributed by atoms with Crippen LogP contribution in [0.15, 0.2) is 30.3 Å². The van der Waals surface area contributed by atoms with Gasteiger partial charge < -0.3 is 5.32 Å². The van der Waals surface area contributed by atoms with Crippen molar-refractivity contribution in [3.8, 4) is 0 Å². The molecule has 3 atom stereocenters. The van der Waals surface area contributed by atoms with Gasteiger partial charge in [-0.05, 0) is 49.1 Å². The smallest absolute Gasteiger partial charge is 0.00255 e. The number of hydrogen-bond donors (Lipinski definition) is 1. The largest absolute Gasteiger partial charge is 0.316 e. The molecule has 1 N–H and O–H groups in total. The van der Waals surface area contributed by atoms with E-state index in [1.807, 2.05) is 0 Å². The molecule has 1 aromatic rings. The molecular formula is C17H25N. The molecule has 0 aromatic heterocycles. The molecule has 1 heteroatoms. The molecule has 1 nitrogen and oxygen atoms in total. The number of rotatable bonds is 2. The number of piperidine rings is 1. The maximum Gasteiger partial charge on any atom is 0.00255 e. The Morgan fingerprint density at radius 2 is 2.06 bits per heavy atom. The lowest BCUT2D eigenvalue weighted by Gasteiger charge is -2.42. The van der Waals surface area contributed by atoms with Crippen molar-refractivity contribution in [1.29, 1.82) is 0 Å². The molecule has 1 heterocycles. The average Bonchev–Trinajstić information content (AvgIpc) is 2.84. The Morgan fingerprint density at radius 3 is 2.78 bits per heavy atom. The van der Waals surface area contributed by atoms with Crippen molar-refractivity contribution < 1.29 is 0 Å². The standard InChI is InChI=1S/C17H25N/c1-2-14-8-9-17(12-14)10-11-18-13-16(17)15-6-4-3-5-7-15/h3-7,14,16,18H,2,8-13H2,1H3. The molecule has 2 fully saturated rings. The third-order valence-electron chi connectivity index (χ3n) is 5.41. The van der Waals surface area contributed by atoms with Crippen molar-refractivity contribution in [2.45, 2.75) is 44.9 Å². The molecule has 1 aromatic carbocycles. The van der Waals surface area contributed by atoms with Crippen LogP contribution in [0.4, 0.5) is 0 Å². The first-order chi connectivity index (χ1) is 8.84. The molecule has 1 saturated heterocycles. The van der Waals surface area contributed by atoms with Crippen LogP contribution >= 0.6 is 0 Å². The molecule has 1 aliphatic carbocycles. The first-order valence-corrected chi connectivity index (χ1v) is 7.60. The summed E-state index contributed by atoms with van der Waals surface area (Å²) in [6.07, 6.45) is 7.12. The Hall–Kier alpha value is -0.820. The van der Waals surface area contributed by atoms with Gasteiger partial charge >= 0.3 is 0 Å². The van der Waals surface area contributed by atoms with Gasteiger partial charge in [-0.2, -0.15) is 0 Å². The zero-order chi connectivity index (χ0) is 12.4. The van der Waals surface area contributed by atoms with Gasteiger partial charge in [-0.25, -0.2) is 0 Å². The Morgan fingerprint density at radius 1 is 1.22 bits per heavy atom. The van der Waals surface area contributed by atoms with E-state index in [-0.39, 0.29) is 0 Å². The summed E-state index contributed by atoms with van der Waals surface area (Å²) < 4.78 is 0. The van der Waals surface area contributed by atoms with Gasteiger partial charge in [-0.3, -0.25) is 0 Å². The fourth-order valence-electron chi connectivity index (χ4n) is 4.29. The summed E-state index contributed by atoms with van der Waals surface area (Å²) in [5.74, 6) is 1.72. The van der Waals surface area contributed by atoms with Gasteiger partial charge in [0.05, 0.1) is 0 Å². The van der Waals surface area contributed by atoms with Crippen molar-refractivity contribution in [3.63, 3.8) is 0 Å². The van der Waals surface area contributed by atoms with Gasteiger partial charge in [0.25, 0.3) is 0 Å². The Labute approximate surface area is 111 Å². The summed E-state index contributed by atoms with van der Waals surface area (Å²) in [6, 6.07) is 11.2. The molecule has 1 aliphatic heterocycles. The topological polar surface area (TPSA) is 12.0 Å².